The molecule has 0 amide bonds. The summed E-state index contributed by atoms with van der Waals surface area (Å²) in [6, 6.07) is 0. The number of carbonyl (C=O) groups is 1. The fourth-order valence-electron chi connectivity index (χ4n) is 1.89. The Bertz CT molecular complexity index is 432. The molecule has 0 aromatic carbocycles. The monoisotopic (exact) mass is 220 g/mol. The lowest BCUT2D eigenvalue weighted by atomic mass is 9.99. The summed E-state index contributed by atoms with van der Waals surface area (Å²) in [5.74, 6) is 0.0599. The zero-order chi connectivity index (χ0) is 11.5. The van der Waals surface area contributed by atoms with E-state index in [0.717, 1.165) is 30.5 Å². The van der Waals surface area contributed by atoms with Gasteiger partial charge in [-0.05, 0) is 19.3 Å². The van der Waals surface area contributed by atoms with Gasteiger partial charge in [0.15, 0.2) is 5.78 Å². The highest BCUT2D eigenvalue weighted by Crippen LogP contribution is 2.19. The molecule has 1 aliphatic heterocycles. The van der Waals surface area contributed by atoms with Crippen LogP contribution in [0.2, 0.25) is 0 Å². The van der Waals surface area contributed by atoms with Gasteiger partial charge < -0.3 is 4.74 Å². The van der Waals surface area contributed by atoms with Crippen molar-refractivity contribution < 1.29 is 9.53 Å². The molecule has 0 aliphatic carbocycles. The number of nitrogens with zero attached hydrogens (tertiary/aromatic N) is 2. The van der Waals surface area contributed by atoms with Crippen LogP contribution in [0.3, 0.4) is 0 Å². The first-order valence-electron chi connectivity index (χ1n) is 5.60. The predicted molar refractivity (Wildman–Crippen MR) is 60.2 cm³/mol. The molecule has 16 heavy (non-hydrogen) atoms. The van der Waals surface area contributed by atoms with Gasteiger partial charge in [-0.25, -0.2) is 0 Å². The largest absolute Gasteiger partial charge is 0.501 e. The highest BCUT2D eigenvalue weighted by Gasteiger charge is 2.20. The summed E-state index contributed by atoms with van der Waals surface area (Å²) in [5, 5.41) is 4.27. The number of carbonyl (C=O) groups excluding carboxylic acids is 1. The minimum Gasteiger partial charge on any atom is -0.501 e. The predicted octanol–water partition coefficient (Wildman–Crippen LogP) is 1.86. The zero-order valence-electron chi connectivity index (χ0n) is 9.69. The van der Waals surface area contributed by atoms with Crippen molar-refractivity contribution in [3.8, 4) is 0 Å². The van der Waals surface area contributed by atoms with Crippen LogP contribution >= 0.6 is 0 Å². The van der Waals surface area contributed by atoms with E-state index in [1.807, 2.05) is 14.0 Å². The summed E-state index contributed by atoms with van der Waals surface area (Å²) in [6.07, 6.45) is 5.88. The fraction of sp³-hybridized carbons (Fsp3) is 0.500. The number of hydrogen-bond donors (Lipinski definition) is 0. The van der Waals surface area contributed by atoms with Crippen LogP contribution in [-0.4, -0.2) is 22.2 Å². The van der Waals surface area contributed by atoms with Gasteiger partial charge in [0.2, 0.25) is 0 Å². The van der Waals surface area contributed by atoms with E-state index in [-0.39, 0.29) is 5.78 Å². The first-order chi connectivity index (χ1) is 7.72. The zero-order valence-corrected chi connectivity index (χ0v) is 9.69. The maximum absolute atomic E-state index is 12.2. The molecule has 1 aromatic heterocycles. The molecule has 86 valence electrons. The molecule has 0 fully saturated rings. The fourth-order valence-corrected chi connectivity index (χ4v) is 1.89. The van der Waals surface area contributed by atoms with E-state index in [1.54, 1.807) is 17.1 Å². The Labute approximate surface area is 94.9 Å². The maximum Gasteiger partial charge on any atom is 0.195 e. The molecule has 1 aromatic rings. The van der Waals surface area contributed by atoms with Crippen molar-refractivity contribution in [2.45, 2.75) is 26.2 Å². The Morgan fingerprint density at radius 3 is 3.06 bits per heavy atom. The molecule has 0 atom stereocenters. The second-order valence-corrected chi connectivity index (χ2v) is 3.96. The third kappa shape index (κ3) is 2.01. The highest BCUT2D eigenvalue weighted by molar-refractivity contribution is 6.09. The van der Waals surface area contributed by atoms with Gasteiger partial charge in [-0.15, -0.1) is 0 Å². The normalized spacial score (nSPS) is 15.5. The number of aromatic nitrogens is 2. The van der Waals surface area contributed by atoms with Gasteiger partial charge in [-0.1, -0.05) is 6.92 Å². The second-order valence-electron chi connectivity index (χ2n) is 3.96. The second kappa shape index (κ2) is 4.51. The van der Waals surface area contributed by atoms with Gasteiger partial charge in [-0.3, -0.25) is 9.48 Å². The van der Waals surface area contributed by atoms with Crippen molar-refractivity contribution in [2.75, 3.05) is 6.61 Å². The van der Waals surface area contributed by atoms with E-state index in [2.05, 4.69) is 5.10 Å². The number of ketones is 1. The van der Waals surface area contributed by atoms with Gasteiger partial charge >= 0.3 is 0 Å². The Hall–Kier alpha value is -1.58. The van der Waals surface area contributed by atoms with Crippen LogP contribution in [0.4, 0.5) is 0 Å². The number of Topliss-reactive ketones (excluding diaryl/α,β-unsaturated/α-hetero) is 1. The molecule has 0 saturated heterocycles. The molecule has 0 saturated carbocycles. The smallest absolute Gasteiger partial charge is 0.195 e. The molecular formula is C12H16N2O2. The van der Waals surface area contributed by atoms with Crippen molar-refractivity contribution in [3.63, 3.8) is 0 Å². The Kier molecular flexibility index (Phi) is 3.08. The number of aryl methyl sites for hydroxylation is 2. The lowest BCUT2D eigenvalue weighted by Gasteiger charge is -2.12. The van der Waals surface area contributed by atoms with E-state index in [9.17, 15) is 4.79 Å². The van der Waals surface area contributed by atoms with Crippen LogP contribution in [-0.2, 0) is 18.2 Å². The average Bonchev–Trinajstić information content (AvgIpc) is 2.70. The summed E-state index contributed by atoms with van der Waals surface area (Å²) in [6.45, 7) is 2.72. The van der Waals surface area contributed by atoms with E-state index in [0.29, 0.717) is 12.2 Å². The first kappa shape index (κ1) is 10.9. The summed E-state index contributed by atoms with van der Waals surface area (Å²) in [5.41, 5.74) is 2.33. The van der Waals surface area contributed by atoms with Crippen LogP contribution in [0.25, 0.3) is 0 Å². The summed E-state index contributed by atoms with van der Waals surface area (Å²) in [4.78, 5) is 12.2. The lowest BCUT2D eigenvalue weighted by molar-refractivity contribution is 0.101. The Morgan fingerprint density at radius 1 is 1.62 bits per heavy atom. The summed E-state index contributed by atoms with van der Waals surface area (Å²) in [7, 11) is 1.84. The van der Waals surface area contributed by atoms with Crippen molar-refractivity contribution in [1.29, 1.82) is 0 Å². The molecular weight excluding hydrogens is 204 g/mol. The van der Waals surface area contributed by atoms with E-state index in [4.69, 9.17) is 4.74 Å². The Morgan fingerprint density at radius 2 is 2.44 bits per heavy atom. The topological polar surface area (TPSA) is 44.1 Å². The van der Waals surface area contributed by atoms with Crippen molar-refractivity contribution in [1.82, 2.24) is 9.78 Å². The average molecular weight is 220 g/mol. The Balaban J connectivity index is 2.29. The van der Waals surface area contributed by atoms with Crippen LogP contribution in [0.15, 0.2) is 18.0 Å². The number of allylic oxidation sites excluding steroid dienone is 1. The number of hydrogen-bond acceptors (Lipinski definition) is 3. The van der Waals surface area contributed by atoms with Gasteiger partial charge in [0.05, 0.1) is 24.1 Å². The van der Waals surface area contributed by atoms with Gasteiger partial charge in [0, 0.05) is 18.8 Å². The van der Waals surface area contributed by atoms with Crippen LogP contribution in [0.5, 0.6) is 0 Å². The van der Waals surface area contributed by atoms with Crippen molar-refractivity contribution >= 4 is 5.78 Å². The van der Waals surface area contributed by atoms with Crippen LogP contribution < -0.4 is 0 Å². The third-order valence-corrected chi connectivity index (χ3v) is 2.71. The van der Waals surface area contributed by atoms with Crippen molar-refractivity contribution in [2.24, 2.45) is 7.05 Å². The summed E-state index contributed by atoms with van der Waals surface area (Å²) < 4.78 is 6.89. The quantitative estimate of drug-likeness (QED) is 0.730. The maximum atomic E-state index is 12.2. The van der Waals surface area contributed by atoms with Crippen LogP contribution in [0, 0.1) is 0 Å². The molecule has 1 aliphatic rings. The molecule has 0 bridgehead atoms. The minimum absolute atomic E-state index is 0.0599. The lowest BCUT2D eigenvalue weighted by Crippen LogP contribution is -2.10. The van der Waals surface area contributed by atoms with Crippen LogP contribution in [0.1, 0.15) is 35.8 Å². The van der Waals surface area contributed by atoms with E-state index >= 15 is 0 Å². The molecule has 4 heteroatoms. The number of ether oxygens (including phenoxy) is 1. The van der Waals surface area contributed by atoms with E-state index < -0.39 is 0 Å². The minimum atomic E-state index is 0.0599. The van der Waals surface area contributed by atoms with E-state index in [1.165, 1.54) is 0 Å². The SMILES string of the molecule is CCc1nn(C)cc1C(=O)C1=COCCC1. The molecule has 4 nitrogen and oxygen atoms in total. The van der Waals surface area contributed by atoms with Gasteiger partial charge in [0.1, 0.15) is 0 Å². The first-order valence-corrected chi connectivity index (χ1v) is 5.60. The molecule has 0 unspecified atom stereocenters. The number of rotatable bonds is 3. The molecule has 0 spiro atoms. The van der Waals surface area contributed by atoms with Gasteiger partial charge in [0.25, 0.3) is 0 Å². The van der Waals surface area contributed by atoms with Crippen molar-refractivity contribution in [3.05, 3.63) is 29.3 Å². The highest BCUT2D eigenvalue weighted by atomic mass is 16.5. The molecule has 2 heterocycles. The standard InChI is InChI=1S/C12H16N2O2/c1-3-11-10(7-14(2)13-11)12(15)9-5-4-6-16-8-9/h7-8H,3-6H2,1-2H3. The van der Waals surface area contributed by atoms with Gasteiger partial charge in [-0.2, -0.15) is 5.10 Å². The molecule has 0 N–H and O–H groups in total. The molecule has 2 rings (SSSR count). The third-order valence-electron chi connectivity index (χ3n) is 2.71. The summed E-state index contributed by atoms with van der Waals surface area (Å²) >= 11 is 0. The molecule has 0 radical (unpaired) electrons.